The molecular weight excluding hydrogens is 214 g/mol. The van der Waals surface area contributed by atoms with Crippen LogP contribution in [0.3, 0.4) is 0 Å². The molecule has 0 spiro atoms. The Morgan fingerprint density at radius 1 is 1.24 bits per heavy atom. The summed E-state index contributed by atoms with van der Waals surface area (Å²) in [7, 11) is 2.13. The molecule has 3 unspecified atom stereocenters. The first-order valence-electron chi connectivity index (χ1n) is 7.09. The maximum atomic E-state index is 12.0. The van der Waals surface area contributed by atoms with Gasteiger partial charge in [0.15, 0.2) is 6.54 Å². The molecule has 2 saturated carbocycles. The van der Waals surface area contributed by atoms with Gasteiger partial charge in [0.2, 0.25) is 0 Å². The quantitative estimate of drug-likeness (QED) is 0.544. The highest BCUT2D eigenvalue weighted by Gasteiger charge is 2.42. The molecule has 0 N–H and O–H groups in total. The highest BCUT2D eigenvalue weighted by Crippen LogP contribution is 2.45. The van der Waals surface area contributed by atoms with Crippen LogP contribution in [0, 0.1) is 11.8 Å². The zero-order chi connectivity index (χ0) is 12.5. The molecule has 0 aromatic carbocycles. The molecule has 3 heteroatoms. The number of hydrogen-bond donors (Lipinski definition) is 0. The van der Waals surface area contributed by atoms with Crippen LogP contribution in [-0.2, 0) is 9.53 Å². The third-order valence-corrected chi connectivity index (χ3v) is 4.99. The fraction of sp³-hybridized carbons (Fsp3) is 0.929. The molecule has 0 aliphatic heterocycles. The summed E-state index contributed by atoms with van der Waals surface area (Å²) in [4.78, 5) is 12.0. The molecular formula is C14H26NO2+. The van der Waals surface area contributed by atoms with Crippen molar-refractivity contribution in [3.05, 3.63) is 0 Å². The molecule has 2 aliphatic rings. The number of carbonyl (C=O) groups is 1. The number of quaternary nitrogens is 1. The Kier molecular flexibility index (Phi) is 3.76. The van der Waals surface area contributed by atoms with Gasteiger partial charge in [-0.15, -0.1) is 0 Å². The van der Waals surface area contributed by atoms with E-state index >= 15 is 0 Å². The van der Waals surface area contributed by atoms with Crippen molar-refractivity contribution >= 4 is 5.97 Å². The maximum Gasteiger partial charge on any atom is 0.362 e. The van der Waals surface area contributed by atoms with Gasteiger partial charge in [0.1, 0.15) is 6.10 Å². The minimum atomic E-state index is 0.00810. The Labute approximate surface area is 105 Å². The van der Waals surface area contributed by atoms with Gasteiger partial charge in [-0.2, -0.15) is 0 Å². The van der Waals surface area contributed by atoms with Gasteiger partial charge in [0.05, 0.1) is 20.1 Å². The topological polar surface area (TPSA) is 26.3 Å². The Bertz CT molecular complexity index is 286. The minimum Gasteiger partial charge on any atom is -0.458 e. The molecule has 0 aromatic rings. The van der Waals surface area contributed by atoms with Crippen molar-refractivity contribution in [2.45, 2.75) is 45.6 Å². The molecule has 0 saturated heterocycles. The van der Waals surface area contributed by atoms with Gasteiger partial charge in [0.25, 0.3) is 0 Å². The summed E-state index contributed by atoms with van der Waals surface area (Å²) in [5, 5.41) is 0. The molecule has 3 nitrogen and oxygen atoms in total. The van der Waals surface area contributed by atoms with Crippen molar-refractivity contribution in [1.29, 1.82) is 0 Å². The zero-order valence-electron chi connectivity index (χ0n) is 11.4. The Balaban J connectivity index is 1.81. The molecule has 2 rings (SSSR count). The van der Waals surface area contributed by atoms with Crippen molar-refractivity contribution in [2.75, 3.05) is 26.7 Å². The van der Waals surface area contributed by atoms with Crippen LogP contribution >= 0.6 is 0 Å². The first kappa shape index (κ1) is 12.9. The lowest BCUT2D eigenvalue weighted by Gasteiger charge is -2.32. The largest absolute Gasteiger partial charge is 0.458 e. The number of hydrogen-bond acceptors (Lipinski definition) is 2. The van der Waals surface area contributed by atoms with E-state index in [4.69, 9.17) is 4.74 Å². The van der Waals surface area contributed by atoms with E-state index in [-0.39, 0.29) is 12.1 Å². The van der Waals surface area contributed by atoms with E-state index in [0.717, 1.165) is 29.9 Å². The monoisotopic (exact) mass is 240 g/mol. The highest BCUT2D eigenvalue weighted by atomic mass is 16.5. The predicted octanol–water partition coefficient (Wildman–Crippen LogP) is 2.20. The summed E-state index contributed by atoms with van der Waals surface area (Å²) in [6.07, 6.45) is 5.29. The molecule has 2 fully saturated rings. The Morgan fingerprint density at radius 2 is 1.94 bits per heavy atom. The van der Waals surface area contributed by atoms with Gasteiger partial charge in [-0.1, -0.05) is 0 Å². The fourth-order valence-corrected chi connectivity index (χ4v) is 3.30. The van der Waals surface area contributed by atoms with Crippen LogP contribution in [0.4, 0.5) is 0 Å². The maximum absolute atomic E-state index is 12.0. The van der Waals surface area contributed by atoms with Crippen LogP contribution in [0.1, 0.15) is 39.5 Å². The summed E-state index contributed by atoms with van der Waals surface area (Å²) in [6.45, 7) is 6.77. The molecule has 2 aliphatic carbocycles. The van der Waals surface area contributed by atoms with Crippen molar-refractivity contribution < 1.29 is 14.0 Å². The summed E-state index contributed by atoms with van der Waals surface area (Å²) in [6, 6.07) is 0. The average molecular weight is 240 g/mol. The number of rotatable bonds is 5. The molecule has 0 radical (unpaired) electrons. The van der Waals surface area contributed by atoms with E-state index in [1.165, 1.54) is 19.3 Å². The molecule has 0 heterocycles. The van der Waals surface area contributed by atoms with Crippen LogP contribution in [0.5, 0.6) is 0 Å². The van der Waals surface area contributed by atoms with E-state index in [9.17, 15) is 4.79 Å². The number of likely N-dealkylation sites (N-methyl/N-ethyl adjacent to an activating group) is 1. The molecule has 3 atom stereocenters. The number of ether oxygens (including phenoxy) is 1. The second kappa shape index (κ2) is 4.97. The highest BCUT2D eigenvalue weighted by molar-refractivity contribution is 5.70. The molecule has 0 amide bonds. The van der Waals surface area contributed by atoms with E-state index in [2.05, 4.69) is 20.9 Å². The minimum absolute atomic E-state index is 0.00810. The van der Waals surface area contributed by atoms with Crippen LogP contribution < -0.4 is 0 Å². The summed E-state index contributed by atoms with van der Waals surface area (Å²) in [5.74, 6) is 1.52. The van der Waals surface area contributed by atoms with Crippen molar-refractivity contribution in [1.82, 2.24) is 0 Å². The van der Waals surface area contributed by atoms with Crippen LogP contribution in [0.25, 0.3) is 0 Å². The van der Waals surface area contributed by atoms with Gasteiger partial charge < -0.3 is 9.22 Å². The Hall–Kier alpha value is -0.570. The van der Waals surface area contributed by atoms with E-state index in [1.54, 1.807) is 0 Å². The second-order valence-corrected chi connectivity index (χ2v) is 6.11. The lowest BCUT2D eigenvalue weighted by Crippen LogP contribution is -2.48. The van der Waals surface area contributed by atoms with Crippen LogP contribution in [0.15, 0.2) is 0 Å². The zero-order valence-corrected chi connectivity index (χ0v) is 11.4. The number of esters is 1. The first-order valence-corrected chi connectivity index (χ1v) is 7.09. The molecule has 0 aromatic heterocycles. The molecule has 2 bridgehead atoms. The van der Waals surface area contributed by atoms with Gasteiger partial charge in [-0.05, 0) is 51.4 Å². The summed E-state index contributed by atoms with van der Waals surface area (Å²) >= 11 is 0. The standard InChI is InChI=1S/C14H26NO2/c1-4-15(3,5-2)10-14(16)17-13-9-11-6-7-12(13)8-11/h11-13H,4-10H2,1-3H3/q+1. The molecule has 98 valence electrons. The predicted molar refractivity (Wildman–Crippen MR) is 67.5 cm³/mol. The van der Waals surface area contributed by atoms with E-state index in [1.807, 2.05) is 0 Å². The van der Waals surface area contributed by atoms with Gasteiger partial charge in [-0.25, -0.2) is 4.79 Å². The first-order chi connectivity index (χ1) is 8.06. The fourth-order valence-electron chi connectivity index (χ4n) is 3.30. The molecule has 17 heavy (non-hydrogen) atoms. The summed E-state index contributed by atoms with van der Waals surface area (Å²) < 4.78 is 6.48. The van der Waals surface area contributed by atoms with Crippen LogP contribution in [-0.4, -0.2) is 43.2 Å². The summed E-state index contributed by atoms with van der Waals surface area (Å²) in [5.41, 5.74) is 0. The number of nitrogens with zero attached hydrogens (tertiary/aromatic N) is 1. The van der Waals surface area contributed by atoms with Gasteiger partial charge in [0, 0.05) is 0 Å². The number of carbonyl (C=O) groups excluding carboxylic acids is 1. The van der Waals surface area contributed by atoms with Crippen molar-refractivity contribution in [3.8, 4) is 0 Å². The average Bonchev–Trinajstić information content (AvgIpc) is 2.90. The van der Waals surface area contributed by atoms with E-state index in [0.29, 0.717) is 12.5 Å². The SMILES string of the molecule is CC[N+](C)(CC)CC(=O)OC1CC2CCC1C2. The third kappa shape index (κ3) is 2.82. The Morgan fingerprint density at radius 3 is 2.41 bits per heavy atom. The van der Waals surface area contributed by atoms with Gasteiger partial charge in [-0.3, -0.25) is 0 Å². The lowest BCUT2D eigenvalue weighted by molar-refractivity contribution is -0.899. The lowest BCUT2D eigenvalue weighted by atomic mass is 9.98. The van der Waals surface area contributed by atoms with Crippen LogP contribution in [0.2, 0.25) is 0 Å². The van der Waals surface area contributed by atoms with E-state index < -0.39 is 0 Å². The second-order valence-electron chi connectivity index (χ2n) is 6.11. The smallest absolute Gasteiger partial charge is 0.362 e. The normalized spacial score (nSPS) is 31.8. The third-order valence-electron chi connectivity index (χ3n) is 4.99. The van der Waals surface area contributed by atoms with Gasteiger partial charge >= 0.3 is 5.97 Å². The number of fused-ring (bicyclic) bond motifs is 2. The van der Waals surface area contributed by atoms with Crippen molar-refractivity contribution in [3.63, 3.8) is 0 Å². The van der Waals surface area contributed by atoms with Crippen molar-refractivity contribution in [2.24, 2.45) is 11.8 Å².